The van der Waals surface area contributed by atoms with Crippen LogP contribution in [0, 0.1) is 0 Å². The third-order valence-electron chi connectivity index (χ3n) is 3.94. The summed E-state index contributed by atoms with van der Waals surface area (Å²) in [7, 11) is -3.37. The van der Waals surface area contributed by atoms with Gasteiger partial charge in [-0.25, -0.2) is 8.42 Å². The second-order valence-electron chi connectivity index (χ2n) is 5.48. The van der Waals surface area contributed by atoms with E-state index in [9.17, 15) is 13.2 Å². The topological polar surface area (TPSA) is 92.3 Å². The first kappa shape index (κ1) is 17.3. The second kappa shape index (κ2) is 7.01. The second-order valence-corrected chi connectivity index (χ2v) is 8.42. The Morgan fingerprint density at radius 2 is 2.09 bits per heavy atom. The number of anilines is 1. The molecule has 0 radical (unpaired) electrons. The predicted molar refractivity (Wildman–Crippen MR) is 86.4 cm³/mol. The first-order valence-corrected chi connectivity index (χ1v) is 10.1. The highest BCUT2D eigenvalue weighted by molar-refractivity contribution is 7.88. The summed E-state index contributed by atoms with van der Waals surface area (Å²) >= 11 is 1.36. The molecule has 0 saturated carbocycles. The molecule has 2 heterocycles. The molecule has 0 bridgehead atoms. The number of rotatable bonds is 6. The molecule has 1 aliphatic heterocycles. The summed E-state index contributed by atoms with van der Waals surface area (Å²) in [5, 5.41) is 12.2. The van der Waals surface area contributed by atoms with Crippen LogP contribution in [0.4, 0.5) is 5.13 Å². The number of nitrogens with one attached hydrogen (secondary N) is 1. The number of aromatic nitrogens is 2. The maximum absolute atomic E-state index is 12.3. The third kappa shape index (κ3) is 3.82. The molecule has 1 amide bonds. The maximum Gasteiger partial charge on any atom is 0.244 e. The lowest BCUT2D eigenvalue weighted by Gasteiger charge is -2.20. The molecule has 1 unspecified atom stereocenters. The van der Waals surface area contributed by atoms with Gasteiger partial charge in [0.25, 0.3) is 0 Å². The van der Waals surface area contributed by atoms with Crippen LogP contribution in [-0.4, -0.2) is 47.7 Å². The SMILES string of the molecule is CCC(CC)c1nnc(NC(=O)C2CCCN2S(C)(=O)=O)s1. The number of carbonyl (C=O) groups excluding carboxylic acids is 1. The van der Waals surface area contributed by atoms with E-state index in [0.29, 0.717) is 30.4 Å². The Bertz CT molecular complexity index is 625. The van der Waals surface area contributed by atoms with Gasteiger partial charge in [0.2, 0.25) is 21.1 Å². The number of hydrogen-bond acceptors (Lipinski definition) is 6. The first-order valence-electron chi connectivity index (χ1n) is 7.47. The molecule has 2 rings (SSSR count). The summed E-state index contributed by atoms with van der Waals surface area (Å²) in [5.41, 5.74) is 0. The summed E-state index contributed by atoms with van der Waals surface area (Å²) in [6.45, 7) is 4.58. The molecule has 1 atom stereocenters. The van der Waals surface area contributed by atoms with Crippen molar-refractivity contribution in [3.63, 3.8) is 0 Å². The van der Waals surface area contributed by atoms with Crippen molar-refractivity contribution in [2.24, 2.45) is 0 Å². The van der Waals surface area contributed by atoms with Gasteiger partial charge in [0.05, 0.1) is 6.26 Å². The van der Waals surface area contributed by atoms with Crippen LogP contribution in [0.15, 0.2) is 0 Å². The van der Waals surface area contributed by atoms with Crippen LogP contribution in [0.2, 0.25) is 0 Å². The van der Waals surface area contributed by atoms with Gasteiger partial charge in [-0.15, -0.1) is 10.2 Å². The molecule has 7 nitrogen and oxygen atoms in total. The minimum Gasteiger partial charge on any atom is -0.299 e. The molecule has 0 aliphatic carbocycles. The molecule has 0 aromatic carbocycles. The van der Waals surface area contributed by atoms with Gasteiger partial charge in [-0.05, 0) is 25.7 Å². The van der Waals surface area contributed by atoms with E-state index in [1.165, 1.54) is 15.6 Å². The molecular weight excluding hydrogens is 324 g/mol. The van der Waals surface area contributed by atoms with Crippen LogP contribution in [0.25, 0.3) is 0 Å². The average molecular weight is 346 g/mol. The Morgan fingerprint density at radius 3 is 2.68 bits per heavy atom. The Hall–Kier alpha value is -1.06. The molecule has 1 aliphatic rings. The van der Waals surface area contributed by atoms with E-state index in [1.807, 2.05) is 0 Å². The normalized spacial score (nSPS) is 19.7. The van der Waals surface area contributed by atoms with Gasteiger partial charge in [0.1, 0.15) is 11.0 Å². The molecule has 124 valence electrons. The lowest BCUT2D eigenvalue weighted by molar-refractivity contribution is -0.119. The zero-order valence-corrected chi connectivity index (χ0v) is 14.7. The van der Waals surface area contributed by atoms with E-state index in [4.69, 9.17) is 0 Å². The van der Waals surface area contributed by atoms with Crippen LogP contribution in [0.1, 0.15) is 50.5 Å². The lowest BCUT2D eigenvalue weighted by Crippen LogP contribution is -2.42. The van der Waals surface area contributed by atoms with Crippen molar-refractivity contribution in [2.75, 3.05) is 18.1 Å². The van der Waals surface area contributed by atoms with E-state index in [2.05, 4.69) is 29.4 Å². The van der Waals surface area contributed by atoms with Crippen molar-refractivity contribution in [2.45, 2.75) is 51.5 Å². The van der Waals surface area contributed by atoms with Crippen molar-refractivity contribution >= 4 is 32.4 Å². The molecule has 1 aromatic rings. The van der Waals surface area contributed by atoms with Crippen molar-refractivity contribution < 1.29 is 13.2 Å². The lowest BCUT2D eigenvalue weighted by atomic mass is 10.1. The van der Waals surface area contributed by atoms with Gasteiger partial charge in [-0.1, -0.05) is 25.2 Å². The van der Waals surface area contributed by atoms with Crippen molar-refractivity contribution in [3.05, 3.63) is 5.01 Å². The van der Waals surface area contributed by atoms with Gasteiger partial charge in [0, 0.05) is 12.5 Å². The molecule has 1 aromatic heterocycles. The summed E-state index contributed by atoms with van der Waals surface area (Å²) < 4.78 is 24.6. The Kier molecular flexibility index (Phi) is 5.51. The van der Waals surface area contributed by atoms with Gasteiger partial charge in [-0.2, -0.15) is 4.31 Å². The Labute approximate surface area is 135 Å². The van der Waals surface area contributed by atoms with Gasteiger partial charge in [-0.3, -0.25) is 10.1 Å². The van der Waals surface area contributed by atoms with E-state index >= 15 is 0 Å². The van der Waals surface area contributed by atoms with Crippen molar-refractivity contribution in [1.29, 1.82) is 0 Å². The third-order valence-corrected chi connectivity index (χ3v) is 6.23. The zero-order chi connectivity index (χ0) is 16.3. The van der Waals surface area contributed by atoms with Gasteiger partial charge < -0.3 is 0 Å². The van der Waals surface area contributed by atoms with Gasteiger partial charge in [0.15, 0.2) is 0 Å². The Morgan fingerprint density at radius 1 is 1.41 bits per heavy atom. The average Bonchev–Trinajstić information content (AvgIpc) is 3.08. The molecule has 1 saturated heterocycles. The predicted octanol–water partition coefficient (Wildman–Crippen LogP) is 1.80. The summed E-state index contributed by atoms with van der Waals surface area (Å²) in [5.74, 6) is 0.0253. The number of amides is 1. The van der Waals surface area contributed by atoms with Crippen LogP contribution < -0.4 is 5.32 Å². The van der Waals surface area contributed by atoms with Crippen molar-refractivity contribution in [1.82, 2.24) is 14.5 Å². The fourth-order valence-electron chi connectivity index (χ4n) is 2.68. The van der Waals surface area contributed by atoms with Crippen molar-refractivity contribution in [3.8, 4) is 0 Å². The highest BCUT2D eigenvalue weighted by Gasteiger charge is 2.36. The van der Waals surface area contributed by atoms with Crippen LogP contribution >= 0.6 is 11.3 Å². The van der Waals surface area contributed by atoms with E-state index in [0.717, 1.165) is 24.1 Å². The summed E-state index contributed by atoms with van der Waals surface area (Å²) in [4.78, 5) is 12.3. The minimum absolute atomic E-state index is 0.324. The highest BCUT2D eigenvalue weighted by atomic mass is 32.2. The number of nitrogens with zero attached hydrogens (tertiary/aromatic N) is 3. The quantitative estimate of drug-likeness (QED) is 0.848. The zero-order valence-electron chi connectivity index (χ0n) is 13.1. The number of hydrogen-bond donors (Lipinski definition) is 1. The van der Waals surface area contributed by atoms with Crippen LogP contribution in [0.3, 0.4) is 0 Å². The minimum atomic E-state index is -3.37. The largest absolute Gasteiger partial charge is 0.299 e. The highest BCUT2D eigenvalue weighted by Crippen LogP contribution is 2.29. The van der Waals surface area contributed by atoms with Crippen LogP contribution in [-0.2, 0) is 14.8 Å². The van der Waals surface area contributed by atoms with Crippen LogP contribution in [0.5, 0.6) is 0 Å². The number of sulfonamides is 1. The van der Waals surface area contributed by atoms with E-state index < -0.39 is 16.1 Å². The summed E-state index contributed by atoms with van der Waals surface area (Å²) in [6.07, 6.45) is 4.32. The van der Waals surface area contributed by atoms with E-state index in [-0.39, 0.29) is 5.91 Å². The monoisotopic (exact) mass is 346 g/mol. The fourth-order valence-corrected chi connectivity index (χ4v) is 4.81. The molecule has 1 fully saturated rings. The maximum atomic E-state index is 12.3. The summed E-state index contributed by atoms with van der Waals surface area (Å²) in [6, 6.07) is -0.643. The molecule has 1 N–H and O–H groups in total. The smallest absolute Gasteiger partial charge is 0.244 e. The molecule has 9 heteroatoms. The van der Waals surface area contributed by atoms with E-state index in [1.54, 1.807) is 0 Å². The molecule has 0 spiro atoms. The number of carbonyl (C=O) groups is 1. The van der Waals surface area contributed by atoms with Gasteiger partial charge >= 0.3 is 0 Å². The molecular formula is C13H22N4O3S2. The molecule has 22 heavy (non-hydrogen) atoms. The Balaban J connectivity index is 2.06. The standard InChI is InChI=1S/C13H22N4O3S2/c1-4-9(5-2)12-15-16-13(21-12)14-11(18)10-7-6-8-17(10)22(3,19)20/h9-10H,4-8H2,1-3H3,(H,14,16,18). The fraction of sp³-hybridized carbons (Fsp3) is 0.769. The first-order chi connectivity index (χ1) is 10.4.